The van der Waals surface area contributed by atoms with Crippen molar-refractivity contribution in [2.75, 3.05) is 6.54 Å². The molecule has 0 bridgehead atoms. The molecule has 0 aromatic carbocycles. The highest BCUT2D eigenvalue weighted by Gasteiger charge is 2.38. The van der Waals surface area contributed by atoms with Crippen LogP contribution in [0.4, 0.5) is 13.2 Å². The molecule has 0 heterocycles. The molecular weight excluding hydrogens is 199 g/mol. The molecular formula is C8H14F3NO2. The van der Waals surface area contributed by atoms with Gasteiger partial charge in [-0.1, -0.05) is 0 Å². The van der Waals surface area contributed by atoms with Crippen molar-refractivity contribution in [3.8, 4) is 0 Å². The molecule has 3 unspecified atom stereocenters. The Morgan fingerprint density at radius 2 is 2.00 bits per heavy atom. The summed E-state index contributed by atoms with van der Waals surface area (Å²) in [5, 5.41) is 20.5. The third kappa shape index (κ3) is 3.11. The van der Waals surface area contributed by atoms with E-state index in [1.807, 2.05) is 0 Å². The molecule has 0 aromatic heterocycles. The van der Waals surface area contributed by atoms with Gasteiger partial charge in [-0.3, -0.25) is 0 Å². The molecule has 0 saturated heterocycles. The zero-order valence-corrected chi connectivity index (χ0v) is 7.59. The molecule has 0 radical (unpaired) electrons. The quantitative estimate of drug-likeness (QED) is 0.636. The van der Waals surface area contributed by atoms with Crippen LogP contribution in [0.2, 0.25) is 0 Å². The van der Waals surface area contributed by atoms with Crippen LogP contribution in [-0.4, -0.2) is 41.2 Å². The number of halogens is 3. The molecule has 1 aliphatic carbocycles. The Morgan fingerprint density at radius 3 is 2.43 bits per heavy atom. The Labute approximate surface area is 79.9 Å². The first-order valence-corrected chi connectivity index (χ1v) is 4.57. The highest BCUT2D eigenvalue weighted by molar-refractivity contribution is 4.84. The fourth-order valence-electron chi connectivity index (χ4n) is 1.56. The summed E-state index contributed by atoms with van der Waals surface area (Å²) in [5.74, 6) is 0. The van der Waals surface area contributed by atoms with Gasteiger partial charge in [0.15, 0.2) is 6.10 Å². The second kappa shape index (κ2) is 4.46. The number of alkyl halides is 3. The lowest BCUT2D eigenvalue weighted by atomic mass is 10.2. The fourth-order valence-corrected chi connectivity index (χ4v) is 1.56. The van der Waals surface area contributed by atoms with E-state index in [2.05, 4.69) is 5.32 Å². The maximum atomic E-state index is 11.9. The number of hydrogen-bond acceptors (Lipinski definition) is 3. The first kappa shape index (κ1) is 11.7. The summed E-state index contributed by atoms with van der Waals surface area (Å²) in [7, 11) is 0. The summed E-state index contributed by atoms with van der Waals surface area (Å²) in [5.41, 5.74) is 0. The number of nitrogens with one attached hydrogen (secondary N) is 1. The Morgan fingerprint density at radius 1 is 1.36 bits per heavy atom. The standard InChI is InChI=1S/C8H14F3NO2/c9-8(10,11)7(14)4-12-5-2-1-3-6(5)13/h5-7,12-14H,1-4H2. The first-order valence-electron chi connectivity index (χ1n) is 4.57. The van der Waals surface area contributed by atoms with E-state index in [9.17, 15) is 18.3 Å². The minimum absolute atomic E-state index is 0.313. The van der Waals surface area contributed by atoms with Gasteiger partial charge in [-0.05, 0) is 19.3 Å². The van der Waals surface area contributed by atoms with Crippen LogP contribution in [0.5, 0.6) is 0 Å². The van der Waals surface area contributed by atoms with Gasteiger partial charge in [0.25, 0.3) is 0 Å². The molecule has 14 heavy (non-hydrogen) atoms. The lowest BCUT2D eigenvalue weighted by Gasteiger charge is -2.20. The molecule has 0 aromatic rings. The smallest absolute Gasteiger partial charge is 0.392 e. The van der Waals surface area contributed by atoms with E-state index < -0.39 is 24.9 Å². The third-order valence-electron chi connectivity index (χ3n) is 2.43. The number of aliphatic hydroxyl groups excluding tert-OH is 2. The second-order valence-corrected chi connectivity index (χ2v) is 3.57. The highest BCUT2D eigenvalue weighted by Crippen LogP contribution is 2.21. The average molecular weight is 213 g/mol. The zero-order chi connectivity index (χ0) is 10.8. The summed E-state index contributed by atoms with van der Waals surface area (Å²) in [4.78, 5) is 0. The van der Waals surface area contributed by atoms with Gasteiger partial charge in [0, 0.05) is 12.6 Å². The van der Waals surface area contributed by atoms with E-state index in [1.165, 1.54) is 0 Å². The topological polar surface area (TPSA) is 52.5 Å². The Bertz CT molecular complexity index is 184. The molecule has 1 aliphatic rings. The maximum absolute atomic E-state index is 11.9. The zero-order valence-electron chi connectivity index (χ0n) is 7.59. The van der Waals surface area contributed by atoms with Crippen molar-refractivity contribution in [2.24, 2.45) is 0 Å². The van der Waals surface area contributed by atoms with Gasteiger partial charge in [-0.15, -0.1) is 0 Å². The highest BCUT2D eigenvalue weighted by atomic mass is 19.4. The molecule has 1 saturated carbocycles. The molecule has 3 nitrogen and oxygen atoms in total. The van der Waals surface area contributed by atoms with Gasteiger partial charge in [0.2, 0.25) is 0 Å². The van der Waals surface area contributed by atoms with E-state index in [4.69, 9.17) is 5.11 Å². The van der Waals surface area contributed by atoms with Gasteiger partial charge >= 0.3 is 6.18 Å². The van der Waals surface area contributed by atoms with Crippen LogP contribution in [0.1, 0.15) is 19.3 Å². The van der Waals surface area contributed by atoms with Gasteiger partial charge < -0.3 is 15.5 Å². The summed E-state index contributed by atoms with van der Waals surface area (Å²) >= 11 is 0. The van der Waals surface area contributed by atoms with Crippen LogP contribution in [0.25, 0.3) is 0 Å². The lowest BCUT2D eigenvalue weighted by Crippen LogP contribution is -2.44. The molecule has 3 atom stereocenters. The van der Waals surface area contributed by atoms with Crippen LogP contribution >= 0.6 is 0 Å². The maximum Gasteiger partial charge on any atom is 0.415 e. The predicted octanol–water partition coefficient (Wildman–Crippen LogP) is 0.413. The third-order valence-corrected chi connectivity index (χ3v) is 2.43. The van der Waals surface area contributed by atoms with E-state index in [0.29, 0.717) is 12.8 Å². The number of rotatable bonds is 3. The van der Waals surface area contributed by atoms with Crippen LogP contribution in [0.3, 0.4) is 0 Å². The number of aliphatic hydroxyl groups is 2. The van der Waals surface area contributed by atoms with Gasteiger partial charge in [0.1, 0.15) is 0 Å². The summed E-state index contributed by atoms with van der Waals surface area (Å²) in [6, 6.07) is -0.313. The van der Waals surface area contributed by atoms with Crippen molar-refractivity contribution >= 4 is 0 Å². The van der Waals surface area contributed by atoms with Crippen LogP contribution < -0.4 is 5.32 Å². The van der Waals surface area contributed by atoms with Crippen molar-refractivity contribution in [3.05, 3.63) is 0 Å². The number of hydrogen-bond donors (Lipinski definition) is 3. The lowest BCUT2D eigenvalue weighted by molar-refractivity contribution is -0.202. The molecule has 3 N–H and O–H groups in total. The molecule has 84 valence electrons. The SMILES string of the molecule is OC1CCCC1NCC(O)C(F)(F)F. The van der Waals surface area contributed by atoms with Crippen molar-refractivity contribution in [3.63, 3.8) is 0 Å². The van der Waals surface area contributed by atoms with E-state index >= 15 is 0 Å². The molecule has 0 aliphatic heterocycles. The monoisotopic (exact) mass is 213 g/mol. The minimum atomic E-state index is -4.59. The molecule has 0 amide bonds. The normalized spacial score (nSPS) is 30.6. The summed E-state index contributed by atoms with van der Waals surface area (Å²) in [6.07, 6.45) is -5.45. The predicted molar refractivity (Wildman–Crippen MR) is 43.7 cm³/mol. The van der Waals surface area contributed by atoms with Gasteiger partial charge in [-0.2, -0.15) is 13.2 Å². The van der Waals surface area contributed by atoms with Crippen molar-refractivity contribution in [2.45, 2.75) is 43.7 Å². The summed E-state index contributed by atoms with van der Waals surface area (Å²) in [6.45, 7) is -0.550. The van der Waals surface area contributed by atoms with Gasteiger partial charge in [-0.25, -0.2) is 0 Å². The second-order valence-electron chi connectivity index (χ2n) is 3.57. The van der Waals surface area contributed by atoms with E-state index in [1.54, 1.807) is 0 Å². The van der Waals surface area contributed by atoms with Crippen molar-refractivity contribution < 1.29 is 23.4 Å². The molecule has 1 rings (SSSR count). The van der Waals surface area contributed by atoms with E-state index in [-0.39, 0.29) is 6.04 Å². The summed E-state index contributed by atoms with van der Waals surface area (Å²) < 4.78 is 35.6. The largest absolute Gasteiger partial charge is 0.415 e. The van der Waals surface area contributed by atoms with Crippen LogP contribution in [0.15, 0.2) is 0 Å². The van der Waals surface area contributed by atoms with Crippen LogP contribution in [-0.2, 0) is 0 Å². The molecule has 1 fully saturated rings. The Balaban J connectivity index is 2.26. The van der Waals surface area contributed by atoms with Gasteiger partial charge in [0.05, 0.1) is 6.10 Å². The molecule has 0 spiro atoms. The van der Waals surface area contributed by atoms with Crippen LogP contribution in [0, 0.1) is 0 Å². The minimum Gasteiger partial charge on any atom is -0.392 e. The Kier molecular flexibility index (Phi) is 3.74. The fraction of sp³-hybridized carbons (Fsp3) is 1.00. The van der Waals surface area contributed by atoms with Crippen molar-refractivity contribution in [1.29, 1.82) is 0 Å². The molecule has 6 heteroatoms. The Hall–Kier alpha value is -0.330. The first-order chi connectivity index (χ1) is 6.41. The van der Waals surface area contributed by atoms with E-state index in [0.717, 1.165) is 6.42 Å². The average Bonchev–Trinajstić information content (AvgIpc) is 2.45. The van der Waals surface area contributed by atoms with Crippen molar-refractivity contribution in [1.82, 2.24) is 5.32 Å².